The number of anilines is 1. The molecule has 0 spiro atoms. The topological polar surface area (TPSA) is 80.1 Å². The molecule has 0 radical (unpaired) electrons. The van der Waals surface area contributed by atoms with Gasteiger partial charge >= 0.3 is 0 Å². The van der Waals surface area contributed by atoms with Gasteiger partial charge in [-0.05, 0) is 25.1 Å². The molecule has 2 aromatic rings. The standard InChI is InChI=1S/C13H17N3O2/c1-8(7-18-2)16-13(17)11-6-15-12-5-9(14)3-4-10(11)12/h3-6,8,15H,7,14H2,1-2H3,(H,16,17). The second-order valence-corrected chi connectivity index (χ2v) is 4.34. The molecule has 1 aromatic carbocycles. The summed E-state index contributed by atoms with van der Waals surface area (Å²) < 4.78 is 4.99. The first-order chi connectivity index (χ1) is 8.61. The minimum atomic E-state index is -0.115. The van der Waals surface area contributed by atoms with Crippen LogP contribution in [-0.4, -0.2) is 30.6 Å². The third kappa shape index (κ3) is 2.46. The minimum Gasteiger partial charge on any atom is -0.399 e. The van der Waals surface area contributed by atoms with Crippen molar-refractivity contribution in [3.8, 4) is 0 Å². The molecule has 0 bridgehead atoms. The molecule has 0 aliphatic carbocycles. The van der Waals surface area contributed by atoms with Gasteiger partial charge in [-0.1, -0.05) is 0 Å². The molecule has 1 aromatic heterocycles. The SMILES string of the molecule is COCC(C)NC(=O)c1c[nH]c2cc(N)ccc12. The van der Waals surface area contributed by atoms with E-state index in [0.29, 0.717) is 17.9 Å². The van der Waals surface area contributed by atoms with Crippen LogP contribution in [-0.2, 0) is 4.74 Å². The lowest BCUT2D eigenvalue weighted by Gasteiger charge is -2.12. The van der Waals surface area contributed by atoms with E-state index >= 15 is 0 Å². The summed E-state index contributed by atoms with van der Waals surface area (Å²) in [4.78, 5) is 15.1. The Labute approximate surface area is 105 Å². The number of carbonyl (C=O) groups is 1. The van der Waals surface area contributed by atoms with E-state index in [1.54, 1.807) is 19.4 Å². The summed E-state index contributed by atoms with van der Waals surface area (Å²) in [6.45, 7) is 2.38. The molecule has 4 N–H and O–H groups in total. The lowest BCUT2D eigenvalue weighted by atomic mass is 10.1. The van der Waals surface area contributed by atoms with Crippen LogP contribution in [0.5, 0.6) is 0 Å². The Balaban J connectivity index is 2.23. The highest BCUT2D eigenvalue weighted by molar-refractivity contribution is 6.07. The first-order valence-electron chi connectivity index (χ1n) is 5.78. The number of nitrogens with two attached hydrogens (primary N) is 1. The van der Waals surface area contributed by atoms with Gasteiger partial charge in [-0.3, -0.25) is 4.79 Å². The summed E-state index contributed by atoms with van der Waals surface area (Å²) in [7, 11) is 1.61. The lowest BCUT2D eigenvalue weighted by Crippen LogP contribution is -2.35. The van der Waals surface area contributed by atoms with Gasteiger partial charge in [0.2, 0.25) is 0 Å². The van der Waals surface area contributed by atoms with E-state index in [0.717, 1.165) is 10.9 Å². The van der Waals surface area contributed by atoms with Gasteiger partial charge in [0.25, 0.3) is 5.91 Å². The number of methoxy groups -OCH3 is 1. The van der Waals surface area contributed by atoms with E-state index < -0.39 is 0 Å². The van der Waals surface area contributed by atoms with Crippen LogP contribution < -0.4 is 11.1 Å². The maximum Gasteiger partial charge on any atom is 0.253 e. The monoisotopic (exact) mass is 247 g/mol. The lowest BCUT2D eigenvalue weighted by molar-refractivity contribution is 0.0907. The molecular formula is C13H17N3O2. The van der Waals surface area contributed by atoms with Crippen molar-refractivity contribution >= 4 is 22.5 Å². The van der Waals surface area contributed by atoms with E-state index in [9.17, 15) is 4.79 Å². The number of nitrogens with one attached hydrogen (secondary N) is 2. The highest BCUT2D eigenvalue weighted by atomic mass is 16.5. The number of aromatic nitrogens is 1. The van der Waals surface area contributed by atoms with Gasteiger partial charge in [-0.2, -0.15) is 0 Å². The summed E-state index contributed by atoms with van der Waals surface area (Å²) in [6, 6.07) is 5.41. The van der Waals surface area contributed by atoms with Gasteiger partial charge in [0.15, 0.2) is 0 Å². The quantitative estimate of drug-likeness (QED) is 0.716. The molecule has 1 unspecified atom stereocenters. The minimum absolute atomic E-state index is 0.0266. The number of rotatable bonds is 4. The molecule has 1 heterocycles. The number of hydrogen-bond donors (Lipinski definition) is 3. The molecule has 0 aliphatic rings. The number of carbonyl (C=O) groups excluding carboxylic acids is 1. The van der Waals surface area contributed by atoms with Crippen molar-refractivity contribution in [2.75, 3.05) is 19.5 Å². The molecule has 96 valence electrons. The molecule has 0 fully saturated rings. The van der Waals surface area contributed by atoms with E-state index in [-0.39, 0.29) is 11.9 Å². The summed E-state index contributed by atoms with van der Waals surface area (Å²) in [6.07, 6.45) is 1.69. The average Bonchev–Trinajstić information content (AvgIpc) is 2.71. The maximum absolute atomic E-state index is 12.1. The summed E-state index contributed by atoms with van der Waals surface area (Å²) in [5.74, 6) is -0.115. The zero-order valence-electron chi connectivity index (χ0n) is 10.5. The van der Waals surface area contributed by atoms with Crippen molar-refractivity contribution in [3.63, 3.8) is 0 Å². The molecular weight excluding hydrogens is 230 g/mol. The van der Waals surface area contributed by atoms with Gasteiger partial charge in [0.1, 0.15) is 0 Å². The molecule has 1 atom stereocenters. The smallest absolute Gasteiger partial charge is 0.253 e. The Morgan fingerprint density at radius 1 is 1.56 bits per heavy atom. The van der Waals surface area contributed by atoms with Crippen LogP contribution >= 0.6 is 0 Å². The molecule has 1 amide bonds. The predicted octanol–water partition coefficient (Wildman–Crippen LogP) is 1.51. The van der Waals surface area contributed by atoms with Crippen LogP contribution in [0.2, 0.25) is 0 Å². The van der Waals surface area contributed by atoms with Crippen molar-refractivity contribution in [1.29, 1.82) is 0 Å². The van der Waals surface area contributed by atoms with Crippen molar-refractivity contribution in [3.05, 3.63) is 30.0 Å². The molecule has 2 rings (SSSR count). The Hall–Kier alpha value is -2.01. The van der Waals surface area contributed by atoms with Crippen LogP contribution in [0, 0.1) is 0 Å². The number of fused-ring (bicyclic) bond motifs is 1. The summed E-state index contributed by atoms with van der Waals surface area (Å²) >= 11 is 0. The van der Waals surface area contributed by atoms with Crippen molar-refractivity contribution < 1.29 is 9.53 Å². The highest BCUT2D eigenvalue weighted by Crippen LogP contribution is 2.20. The zero-order chi connectivity index (χ0) is 13.1. The van der Waals surface area contributed by atoms with Crippen LogP contribution in [0.1, 0.15) is 17.3 Å². The number of amides is 1. The number of hydrogen-bond acceptors (Lipinski definition) is 3. The number of benzene rings is 1. The fourth-order valence-electron chi connectivity index (χ4n) is 1.92. The van der Waals surface area contributed by atoms with E-state index in [2.05, 4.69) is 10.3 Å². The van der Waals surface area contributed by atoms with Gasteiger partial charge in [0.05, 0.1) is 12.2 Å². The first kappa shape index (κ1) is 12.4. The van der Waals surface area contributed by atoms with E-state index in [1.165, 1.54) is 0 Å². The number of H-pyrrole nitrogens is 1. The highest BCUT2D eigenvalue weighted by Gasteiger charge is 2.14. The normalized spacial score (nSPS) is 12.6. The second-order valence-electron chi connectivity index (χ2n) is 4.34. The second kappa shape index (κ2) is 5.10. The fourth-order valence-corrected chi connectivity index (χ4v) is 1.92. The third-order valence-electron chi connectivity index (χ3n) is 2.74. The van der Waals surface area contributed by atoms with Crippen LogP contribution in [0.15, 0.2) is 24.4 Å². The van der Waals surface area contributed by atoms with Crippen LogP contribution in [0.4, 0.5) is 5.69 Å². The van der Waals surface area contributed by atoms with Gasteiger partial charge < -0.3 is 20.8 Å². The Kier molecular flexibility index (Phi) is 3.53. The summed E-state index contributed by atoms with van der Waals surface area (Å²) in [5.41, 5.74) is 7.84. The molecule has 5 nitrogen and oxygen atoms in total. The third-order valence-corrected chi connectivity index (χ3v) is 2.74. The molecule has 0 saturated heterocycles. The summed E-state index contributed by atoms with van der Waals surface area (Å²) in [5, 5.41) is 3.74. The number of nitrogen functional groups attached to an aromatic ring is 1. The fraction of sp³-hybridized carbons (Fsp3) is 0.308. The molecule has 0 aliphatic heterocycles. The Morgan fingerprint density at radius 2 is 2.33 bits per heavy atom. The van der Waals surface area contributed by atoms with Crippen LogP contribution in [0.3, 0.4) is 0 Å². The zero-order valence-corrected chi connectivity index (χ0v) is 10.5. The average molecular weight is 247 g/mol. The molecule has 5 heteroatoms. The Bertz CT molecular complexity index is 562. The Morgan fingerprint density at radius 3 is 3.06 bits per heavy atom. The van der Waals surface area contributed by atoms with Crippen molar-refractivity contribution in [2.24, 2.45) is 0 Å². The van der Waals surface area contributed by atoms with E-state index in [1.807, 2.05) is 19.1 Å². The van der Waals surface area contributed by atoms with Gasteiger partial charge in [-0.25, -0.2) is 0 Å². The van der Waals surface area contributed by atoms with E-state index in [4.69, 9.17) is 10.5 Å². The predicted molar refractivity (Wildman–Crippen MR) is 71.5 cm³/mol. The largest absolute Gasteiger partial charge is 0.399 e. The number of ether oxygens (including phenoxy) is 1. The molecule has 18 heavy (non-hydrogen) atoms. The van der Waals surface area contributed by atoms with Crippen molar-refractivity contribution in [2.45, 2.75) is 13.0 Å². The van der Waals surface area contributed by atoms with Gasteiger partial charge in [-0.15, -0.1) is 0 Å². The van der Waals surface area contributed by atoms with Crippen molar-refractivity contribution in [1.82, 2.24) is 10.3 Å². The maximum atomic E-state index is 12.1. The first-order valence-corrected chi connectivity index (χ1v) is 5.78. The number of aromatic amines is 1. The van der Waals surface area contributed by atoms with Crippen LogP contribution in [0.25, 0.3) is 10.9 Å². The molecule has 0 saturated carbocycles. The van der Waals surface area contributed by atoms with Gasteiger partial charge in [0, 0.05) is 35.9 Å².